The van der Waals surface area contributed by atoms with E-state index in [4.69, 9.17) is 0 Å². The molecule has 0 saturated carbocycles. The molecule has 0 aliphatic carbocycles. The van der Waals surface area contributed by atoms with E-state index in [0.29, 0.717) is 5.69 Å². The number of likely N-dealkylation sites (N-methyl/N-ethyl adjacent to an activating group) is 1. The van der Waals surface area contributed by atoms with Crippen LogP contribution in [0.4, 0.5) is 11.4 Å². The Morgan fingerprint density at radius 1 is 1.17 bits per heavy atom. The molecule has 0 unspecified atom stereocenters. The molecule has 2 aromatic rings. The van der Waals surface area contributed by atoms with Crippen LogP contribution in [-0.2, 0) is 4.79 Å². The van der Waals surface area contributed by atoms with Gasteiger partial charge in [0.1, 0.15) is 11.6 Å². The molecule has 0 aromatic heterocycles. The van der Waals surface area contributed by atoms with Crippen LogP contribution in [0, 0.1) is 18.3 Å². The SMILES string of the molecule is CCN1c2ccc(/C=C(\C#N)C(=O)Nc3ccc(C)cc3)cc2C(C)=CC1(C)C. The molecular weight excluding hydrogens is 358 g/mol. The summed E-state index contributed by atoms with van der Waals surface area (Å²) in [5.74, 6) is -0.405. The van der Waals surface area contributed by atoms with E-state index in [2.05, 4.69) is 56.1 Å². The standard InChI is InChI=1S/C25H27N3O/c1-6-28-23-12-9-19(14-22(23)18(3)15-25(28,4)5)13-20(16-26)24(29)27-21-10-7-17(2)8-11-21/h7-15H,6H2,1-5H3,(H,27,29)/b20-13+. The van der Waals surface area contributed by atoms with Crippen LogP contribution in [0.5, 0.6) is 0 Å². The van der Waals surface area contributed by atoms with E-state index in [-0.39, 0.29) is 11.1 Å². The van der Waals surface area contributed by atoms with Crippen LogP contribution in [0.3, 0.4) is 0 Å². The maximum Gasteiger partial charge on any atom is 0.266 e. The highest BCUT2D eigenvalue weighted by Gasteiger charge is 2.30. The molecule has 2 aromatic carbocycles. The zero-order chi connectivity index (χ0) is 21.2. The third kappa shape index (κ3) is 4.25. The number of fused-ring (bicyclic) bond motifs is 1. The van der Waals surface area contributed by atoms with Crippen LogP contribution in [0.1, 0.15) is 44.4 Å². The Morgan fingerprint density at radius 3 is 2.48 bits per heavy atom. The number of hydrogen-bond acceptors (Lipinski definition) is 3. The highest BCUT2D eigenvalue weighted by atomic mass is 16.1. The van der Waals surface area contributed by atoms with Gasteiger partial charge in [0.05, 0.1) is 5.54 Å². The lowest BCUT2D eigenvalue weighted by Gasteiger charge is -2.42. The highest BCUT2D eigenvalue weighted by molar-refractivity contribution is 6.09. The van der Waals surface area contributed by atoms with Crippen molar-refractivity contribution in [2.45, 2.75) is 40.2 Å². The third-order valence-corrected chi connectivity index (χ3v) is 5.30. The Hall–Kier alpha value is -3.32. The first kappa shape index (κ1) is 20.4. The number of nitrogens with zero attached hydrogens (tertiary/aromatic N) is 2. The zero-order valence-electron chi connectivity index (χ0n) is 17.7. The second-order valence-corrected chi connectivity index (χ2v) is 7.99. The van der Waals surface area contributed by atoms with Crippen molar-refractivity contribution in [3.8, 4) is 6.07 Å². The van der Waals surface area contributed by atoms with Gasteiger partial charge in [-0.15, -0.1) is 0 Å². The molecule has 1 aliphatic heterocycles. The van der Waals surface area contributed by atoms with Gasteiger partial charge in [-0.3, -0.25) is 4.79 Å². The summed E-state index contributed by atoms with van der Waals surface area (Å²) in [7, 11) is 0. The minimum Gasteiger partial charge on any atom is -0.363 e. The first-order chi connectivity index (χ1) is 13.7. The quantitative estimate of drug-likeness (QED) is 0.553. The lowest BCUT2D eigenvalue weighted by Crippen LogP contribution is -2.44. The van der Waals surface area contributed by atoms with Crippen LogP contribution >= 0.6 is 0 Å². The van der Waals surface area contributed by atoms with Gasteiger partial charge in [-0.05, 0) is 76.1 Å². The number of carbonyl (C=O) groups excluding carboxylic acids is 1. The smallest absolute Gasteiger partial charge is 0.266 e. The fraction of sp³-hybridized carbons (Fsp3) is 0.280. The lowest BCUT2D eigenvalue weighted by molar-refractivity contribution is -0.112. The molecule has 0 radical (unpaired) electrons. The molecule has 0 fully saturated rings. The summed E-state index contributed by atoms with van der Waals surface area (Å²) in [6.45, 7) is 11.6. The Bertz CT molecular complexity index is 1040. The maximum absolute atomic E-state index is 12.5. The number of hydrogen-bond donors (Lipinski definition) is 1. The summed E-state index contributed by atoms with van der Waals surface area (Å²) in [5.41, 5.74) is 6.17. The molecule has 0 saturated heterocycles. The predicted octanol–water partition coefficient (Wildman–Crippen LogP) is 5.56. The monoisotopic (exact) mass is 385 g/mol. The largest absolute Gasteiger partial charge is 0.363 e. The van der Waals surface area contributed by atoms with Gasteiger partial charge >= 0.3 is 0 Å². The summed E-state index contributed by atoms with van der Waals surface area (Å²) in [4.78, 5) is 14.9. The van der Waals surface area contributed by atoms with Crippen molar-refractivity contribution >= 4 is 28.9 Å². The van der Waals surface area contributed by atoms with Crippen molar-refractivity contribution in [1.29, 1.82) is 5.26 Å². The van der Waals surface area contributed by atoms with Crippen molar-refractivity contribution in [1.82, 2.24) is 0 Å². The molecule has 3 rings (SSSR count). The number of anilines is 2. The van der Waals surface area contributed by atoms with Crippen molar-refractivity contribution < 1.29 is 4.79 Å². The van der Waals surface area contributed by atoms with E-state index in [0.717, 1.165) is 23.2 Å². The number of rotatable bonds is 4. The molecule has 0 bridgehead atoms. The Labute approximate surface area is 173 Å². The highest BCUT2D eigenvalue weighted by Crippen LogP contribution is 2.39. The van der Waals surface area contributed by atoms with Gasteiger partial charge in [-0.1, -0.05) is 29.8 Å². The van der Waals surface area contributed by atoms with Crippen molar-refractivity contribution in [3.05, 3.63) is 70.8 Å². The van der Waals surface area contributed by atoms with E-state index >= 15 is 0 Å². The van der Waals surface area contributed by atoms with Crippen molar-refractivity contribution in [3.63, 3.8) is 0 Å². The molecular formula is C25H27N3O. The number of nitrogens with one attached hydrogen (secondary N) is 1. The van der Waals surface area contributed by atoms with Crippen LogP contribution in [0.2, 0.25) is 0 Å². The summed E-state index contributed by atoms with van der Waals surface area (Å²) in [5, 5.41) is 12.3. The first-order valence-electron chi connectivity index (χ1n) is 9.86. The first-order valence-corrected chi connectivity index (χ1v) is 9.86. The molecule has 1 N–H and O–H groups in total. The Balaban J connectivity index is 1.91. The summed E-state index contributed by atoms with van der Waals surface area (Å²) in [6.07, 6.45) is 3.91. The van der Waals surface area contributed by atoms with Crippen LogP contribution in [0.15, 0.2) is 54.1 Å². The third-order valence-electron chi connectivity index (χ3n) is 5.30. The van der Waals surface area contributed by atoms with E-state index in [1.54, 1.807) is 6.08 Å². The minimum absolute atomic E-state index is 0.0467. The predicted molar refractivity (Wildman–Crippen MR) is 121 cm³/mol. The van der Waals surface area contributed by atoms with Crippen LogP contribution in [0.25, 0.3) is 11.6 Å². The lowest BCUT2D eigenvalue weighted by atomic mass is 9.88. The summed E-state index contributed by atoms with van der Waals surface area (Å²) < 4.78 is 0. The summed E-state index contributed by atoms with van der Waals surface area (Å²) >= 11 is 0. The second-order valence-electron chi connectivity index (χ2n) is 7.99. The molecule has 148 valence electrons. The van der Waals surface area contributed by atoms with Crippen molar-refractivity contribution in [2.75, 3.05) is 16.8 Å². The van der Waals surface area contributed by atoms with Crippen molar-refractivity contribution in [2.24, 2.45) is 0 Å². The molecule has 4 heteroatoms. The molecule has 1 aliphatic rings. The summed E-state index contributed by atoms with van der Waals surface area (Å²) in [6, 6.07) is 15.6. The van der Waals surface area contributed by atoms with Gasteiger partial charge in [0.2, 0.25) is 0 Å². The van der Waals surface area contributed by atoms with Gasteiger partial charge in [0.25, 0.3) is 5.91 Å². The van der Waals surface area contributed by atoms with E-state index in [1.165, 1.54) is 11.3 Å². The van der Waals surface area contributed by atoms with E-state index in [1.807, 2.05) is 43.3 Å². The molecule has 1 heterocycles. The molecule has 0 atom stereocenters. The Kier molecular flexibility index (Phi) is 5.61. The van der Waals surface area contributed by atoms with Gasteiger partial charge < -0.3 is 10.2 Å². The molecule has 29 heavy (non-hydrogen) atoms. The van der Waals surface area contributed by atoms with Gasteiger partial charge in [0.15, 0.2) is 0 Å². The number of aryl methyl sites for hydroxylation is 1. The molecule has 4 nitrogen and oxygen atoms in total. The fourth-order valence-corrected chi connectivity index (χ4v) is 3.92. The van der Waals surface area contributed by atoms with E-state index < -0.39 is 5.91 Å². The van der Waals surface area contributed by atoms with Gasteiger partial charge in [0, 0.05) is 23.5 Å². The number of allylic oxidation sites excluding steroid dienone is 1. The number of nitriles is 1. The number of amides is 1. The van der Waals surface area contributed by atoms with E-state index in [9.17, 15) is 10.1 Å². The normalized spacial score (nSPS) is 15.2. The van der Waals surface area contributed by atoms with Gasteiger partial charge in [-0.2, -0.15) is 5.26 Å². The number of carbonyl (C=O) groups is 1. The molecule has 1 amide bonds. The molecule has 0 spiro atoms. The number of benzene rings is 2. The Morgan fingerprint density at radius 2 is 1.86 bits per heavy atom. The average molecular weight is 386 g/mol. The second kappa shape index (κ2) is 7.97. The topological polar surface area (TPSA) is 56.1 Å². The van der Waals surface area contributed by atoms with Crippen LogP contribution < -0.4 is 10.2 Å². The average Bonchev–Trinajstić information content (AvgIpc) is 2.67. The van der Waals surface area contributed by atoms with Gasteiger partial charge in [-0.25, -0.2) is 0 Å². The van der Waals surface area contributed by atoms with Crippen LogP contribution in [-0.4, -0.2) is 18.0 Å². The fourth-order valence-electron chi connectivity index (χ4n) is 3.92. The maximum atomic E-state index is 12.5. The zero-order valence-corrected chi connectivity index (χ0v) is 17.7. The minimum atomic E-state index is -0.405.